The number of nitrogens with one attached hydrogen (secondary N) is 1. The van der Waals surface area contributed by atoms with Crippen molar-refractivity contribution in [3.63, 3.8) is 0 Å². The first-order chi connectivity index (χ1) is 9.69. The van der Waals surface area contributed by atoms with E-state index in [4.69, 9.17) is 4.74 Å². The summed E-state index contributed by atoms with van der Waals surface area (Å²) in [5.41, 5.74) is 2.17. The van der Waals surface area contributed by atoms with E-state index in [1.54, 1.807) is 13.3 Å². The fourth-order valence-corrected chi connectivity index (χ4v) is 3.42. The largest absolute Gasteiger partial charge is 0.479 e. The van der Waals surface area contributed by atoms with Crippen LogP contribution in [-0.4, -0.2) is 56.8 Å². The molecule has 20 heavy (non-hydrogen) atoms. The third-order valence-electron chi connectivity index (χ3n) is 4.53. The highest BCUT2D eigenvalue weighted by molar-refractivity contribution is 5.74. The monoisotopic (exact) mass is 276 g/mol. The zero-order valence-corrected chi connectivity index (χ0v) is 12.6. The van der Waals surface area contributed by atoms with Crippen LogP contribution in [-0.2, 0) is 0 Å². The van der Waals surface area contributed by atoms with Gasteiger partial charge in [-0.25, -0.2) is 4.98 Å². The molecule has 2 fully saturated rings. The van der Waals surface area contributed by atoms with E-state index in [1.807, 2.05) is 6.07 Å². The molecular formula is C15H24N4O. The Morgan fingerprint density at radius 3 is 2.90 bits per heavy atom. The smallest absolute Gasteiger partial charge is 0.239 e. The van der Waals surface area contributed by atoms with Gasteiger partial charge in [-0.15, -0.1) is 0 Å². The molecule has 2 saturated heterocycles. The molecule has 110 valence electrons. The summed E-state index contributed by atoms with van der Waals surface area (Å²) in [4.78, 5) is 9.02. The predicted molar refractivity (Wildman–Crippen MR) is 81.7 cm³/mol. The lowest BCUT2D eigenvalue weighted by molar-refractivity contribution is 0.254. The molecule has 0 amide bonds. The van der Waals surface area contributed by atoms with Crippen molar-refractivity contribution in [3.05, 3.63) is 12.3 Å². The molecule has 2 bridgehead atoms. The van der Waals surface area contributed by atoms with Gasteiger partial charge in [0.15, 0.2) is 0 Å². The Bertz CT molecular complexity index is 477. The number of aromatic nitrogens is 1. The Labute approximate surface area is 120 Å². The summed E-state index contributed by atoms with van der Waals surface area (Å²) in [6.45, 7) is 3.69. The summed E-state index contributed by atoms with van der Waals surface area (Å²) in [6.07, 6.45) is 4.31. The number of methoxy groups -OCH3 is 1. The molecule has 0 saturated carbocycles. The Hall–Kier alpha value is -1.49. The second-order valence-electron chi connectivity index (χ2n) is 6.00. The van der Waals surface area contributed by atoms with Gasteiger partial charge in [-0.1, -0.05) is 0 Å². The van der Waals surface area contributed by atoms with Gasteiger partial charge < -0.3 is 19.9 Å². The Morgan fingerprint density at radius 2 is 2.15 bits per heavy atom. The van der Waals surface area contributed by atoms with Crippen molar-refractivity contribution in [1.82, 2.24) is 9.88 Å². The molecule has 1 N–H and O–H groups in total. The van der Waals surface area contributed by atoms with E-state index in [0.717, 1.165) is 17.3 Å². The Balaban J connectivity index is 1.85. The maximum absolute atomic E-state index is 5.45. The van der Waals surface area contributed by atoms with Crippen LogP contribution in [0.4, 0.5) is 11.4 Å². The van der Waals surface area contributed by atoms with Gasteiger partial charge >= 0.3 is 0 Å². The highest BCUT2D eigenvalue weighted by Gasteiger charge is 2.35. The third kappa shape index (κ3) is 2.42. The lowest BCUT2D eigenvalue weighted by Crippen LogP contribution is -2.39. The average molecular weight is 276 g/mol. The van der Waals surface area contributed by atoms with Crippen molar-refractivity contribution in [1.29, 1.82) is 0 Å². The van der Waals surface area contributed by atoms with Gasteiger partial charge in [0.25, 0.3) is 0 Å². The zero-order chi connectivity index (χ0) is 14.1. The van der Waals surface area contributed by atoms with Crippen molar-refractivity contribution in [2.45, 2.75) is 18.9 Å². The molecule has 5 heteroatoms. The van der Waals surface area contributed by atoms with Gasteiger partial charge in [-0.05, 0) is 31.4 Å². The molecule has 2 aliphatic heterocycles. The van der Waals surface area contributed by atoms with Gasteiger partial charge in [0.1, 0.15) is 5.69 Å². The number of hydrogen-bond acceptors (Lipinski definition) is 5. The molecule has 3 rings (SSSR count). The Morgan fingerprint density at radius 1 is 1.35 bits per heavy atom. The van der Waals surface area contributed by atoms with Gasteiger partial charge in [-0.3, -0.25) is 0 Å². The number of nitrogens with zero attached hydrogens (tertiary/aromatic N) is 3. The van der Waals surface area contributed by atoms with Crippen molar-refractivity contribution in [2.75, 3.05) is 51.1 Å². The summed E-state index contributed by atoms with van der Waals surface area (Å²) < 4.78 is 5.45. The first-order valence-corrected chi connectivity index (χ1v) is 7.38. The second kappa shape index (κ2) is 5.48. The van der Waals surface area contributed by atoms with Gasteiger partial charge in [-0.2, -0.15) is 0 Å². The topological polar surface area (TPSA) is 40.6 Å². The van der Waals surface area contributed by atoms with Crippen LogP contribution < -0.4 is 15.0 Å². The van der Waals surface area contributed by atoms with Crippen molar-refractivity contribution in [3.8, 4) is 5.88 Å². The zero-order valence-electron chi connectivity index (χ0n) is 12.6. The number of anilines is 2. The van der Waals surface area contributed by atoms with Crippen molar-refractivity contribution >= 4 is 11.4 Å². The second-order valence-corrected chi connectivity index (χ2v) is 6.00. The highest BCUT2D eigenvalue weighted by atomic mass is 16.5. The molecule has 0 spiro atoms. The van der Waals surface area contributed by atoms with Crippen LogP contribution >= 0.6 is 0 Å². The molecule has 0 radical (unpaired) electrons. The van der Waals surface area contributed by atoms with E-state index in [9.17, 15) is 0 Å². The quantitative estimate of drug-likeness (QED) is 0.906. The predicted octanol–water partition coefficient (Wildman–Crippen LogP) is 1.66. The lowest BCUT2D eigenvalue weighted by atomic mass is 9.94. The fourth-order valence-electron chi connectivity index (χ4n) is 3.42. The van der Waals surface area contributed by atoms with E-state index < -0.39 is 0 Å². The number of ether oxygens (including phenoxy) is 1. The van der Waals surface area contributed by atoms with Crippen LogP contribution in [0, 0.1) is 5.92 Å². The van der Waals surface area contributed by atoms with Gasteiger partial charge in [0, 0.05) is 39.4 Å². The molecule has 1 aromatic rings. The number of pyridine rings is 1. The summed E-state index contributed by atoms with van der Waals surface area (Å²) in [7, 11) is 5.79. The van der Waals surface area contributed by atoms with Crippen LogP contribution in [0.5, 0.6) is 5.88 Å². The van der Waals surface area contributed by atoms with E-state index in [0.29, 0.717) is 11.9 Å². The molecule has 3 atom stereocenters. The van der Waals surface area contributed by atoms with Crippen molar-refractivity contribution in [2.24, 2.45) is 5.92 Å². The van der Waals surface area contributed by atoms with E-state index in [1.165, 1.54) is 32.5 Å². The Kier molecular flexibility index (Phi) is 3.70. The molecule has 2 aliphatic rings. The maximum atomic E-state index is 5.45. The van der Waals surface area contributed by atoms with Crippen LogP contribution in [0.3, 0.4) is 0 Å². The number of rotatable bonds is 4. The van der Waals surface area contributed by atoms with Gasteiger partial charge in [0.2, 0.25) is 5.88 Å². The molecule has 5 nitrogen and oxygen atoms in total. The normalized spacial score (nSPS) is 28.2. The first kappa shape index (κ1) is 13.5. The van der Waals surface area contributed by atoms with E-state index in [-0.39, 0.29) is 0 Å². The number of piperidine rings is 1. The minimum Gasteiger partial charge on any atom is -0.479 e. The summed E-state index contributed by atoms with van der Waals surface area (Å²) in [5, 5.41) is 3.72. The average Bonchev–Trinajstić information content (AvgIpc) is 2.84. The third-order valence-corrected chi connectivity index (χ3v) is 4.53. The van der Waals surface area contributed by atoms with Gasteiger partial charge in [0.05, 0.1) is 12.8 Å². The van der Waals surface area contributed by atoms with E-state index >= 15 is 0 Å². The van der Waals surface area contributed by atoms with E-state index in [2.05, 4.69) is 34.2 Å². The molecule has 3 heterocycles. The minimum absolute atomic E-state index is 0.533. The number of hydrogen-bond donors (Lipinski definition) is 1. The summed E-state index contributed by atoms with van der Waals surface area (Å²) >= 11 is 0. The lowest BCUT2D eigenvalue weighted by Gasteiger charge is -2.33. The summed E-state index contributed by atoms with van der Waals surface area (Å²) in [5.74, 6) is 1.44. The molecule has 0 aromatic carbocycles. The van der Waals surface area contributed by atoms with Crippen molar-refractivity contribution < 1.29 is 4.74 Å². The molecule has 3 unspecified atom stereocenters. The standard InChI is InChI=1S/C15H24N4O/c1-18(2)13-4-7-16-15(20-3)14(13)17-12-6-9-19-8-5-11(12)10-19/h4,7,11-12,17H,5-6,8-10H2,1-3H3. The molecular weight excluding hydrogens is 252 g/mol. The molecule has 1 aromatic heterocycles. The maximum Gasteiger partial charge on any atom is 0.239 e. The minimum atomic E-state index is 0.533. The highest BCUT2D eigenvalue weighted by Crippen LogP contribution is 2.36. The molecule has 0 aliphatic carbocycles. The SMILES string of the molecule is COc1nccc(N(C)C)c1NC1CCN2CCC1C2. The number of fused-ring (bicyclic) bond motifs is 2. The fraction of sp³-hybridized carbons (Fsp3) is 0.667. The van der Waals surface area contributed by atoms with Crippen LogP contribution in [0.2, 0.25) is 0 Å². The van der Waals surface area contributed by atoms with Crippen LogP contribution in [0.25, 0.3) is 0 Å². The first-order valence-electron chi connectivity index (χ1n) is 7.38. The summed E-state index contributed by atoms with van der Waals surface area (Å²) in [6, 6.07) is 2.57. The van der Waals surface area contributed by atoms with Crippen LogP contribution in [0.1, 0.15) is 12.8 Å². The van der Waals surface area contributed by atoms with Crippen LogP contribution in [0.15, 0.2) is 12.3 Å².